The van der Waals surface area contributed by atoms with Crippen LogP contribution in [0.15, 0.2) is 0 Å². The van der Waals surface area contributed by atoms with Gasteiger partial charge in [0, 0.05) is 6.04 Å². The molecule has 0 heterocycles. The molecule has 0 unspecified atom stereocenters. The fraction of sp³-hybridized carbons (Fsp3) is 0.800. The molecular formula is C10H15NO3. The molecule has 2 fully saturated rings. The maximum atomic E-state index is 11.3. The summed E-state index contributed by atoms with van der Waals surface area (Å²) in [5.74, 6) is -0.153. The molecular weight excluding hydrogens is 182 g/mol. The van der Waals surface area contributed by atoms with Gasteiger partial charge in [-0.25, -0.2) is 4.79 Å². The minimum atomic E-state index is -0.781. The van der Waals surface area contributed by atoms with Crippen molar-refractivity contribution in [2.45, 2.75) is 31.7 Å². The summed E-state index contributed by atoms with van der Waals surface area (Å²) in [5.41, 5.74) is 0. The van der Waals surface area contributed by atoms with Crippen LogP contribution in [0.3, 0.4) is 0 Å². The van der Waals surface area contributed by atoms with Crippen LogP contribution in [0.4, 0.5) is 0 Å². The van der Waals surface area contributed by atoms with Crippen molar-refractivity contribution < 1.29 is 14.3 Å². The van der Waals surface area contributed by atoms with E-state index in [0.717, 1.165) is 0 Å². The number of methoxy groups -OCH3 is 1. The number of carbonyl (C=O) groups is 2. The second kappa shape index (κ2) is 3.59. The van der Waals surface area contributed by atoms with Crippen LogP contribution >= 0.6 is 0 Å². The first-order valence-electron chi connectivity index (χ1n) is 5.11. The van der Waals surface area contributed by atoms with E-state index in [9.17, 15) is 9.59 Å². The fourth-order valence-corrected chi connectivity index (χ4v) is 1.83. The molecule has 0 aromatic heterocycles. The molecule has 1 N–H and O–H groups in total. The van der Waals surface area contributed by atoms with Crippen LogP contribution in [0.1, 0.15) is 25.7 Å². The van der Waals surface area contributed by atoms with E-state index in [-0.39, 0.29) is 6.04 Å². The van der Waals surface area contributed by atoms with E-state index in [4.69, 9.17) is 0 Å². The highest BCUT2D eigenvalue weighted by atomic mass is 16.5. The van der Waals surface area contributed by atoms with Crippen molar-refractivity contribution in [3.8, 4) is 0 Å². The third kappa shape index (κ3) is 2.05. The van der Waals surface area contributed by atoms with Gasteiger partial charge in [0.1, 0.15) is 0 Å². The average molecular weight is 197 g/mol. The summed E-state index contributed by atoms with van der Waals surface area (Å²) < 4.78 is 4.36. The molecule has 0 aliphatic heterocycles. The first-order valence-corrected chi connectivity index (χ1v) is 5.11. The smallest absolute Gasteiger partial charge is 0.396 e. The van der Waals surface area contributed by atoms with Gasteiger partial charge in [0.05, 0.1) is 7.11 Å². The SMILES string of the molecule is COC(=O)C(=O)NC(C1CC1)C1CC1. The van der Waals surface area contributed by atoms with Crippen molar-refractivity contribution >= 4 is 11.9 Å². The first kappa shape index (κ1) is 9.49. The van der Waals surface area contributed by atoms with Crippen molar-refractivity contribution in [1.29, 1.82) is 0 Å². The molecule has 78 valence electrons. The van der Waals surface area contributed by atoms with Gasteiger partial charge in [-0.1, -0.05) is 0 Å². The van der Waals surface area contributed by atoms with E-state index in [1.165, 1.54) is 32.8 Å². The highest BCUT2D eigenvalue weighted by Crippen LogP contribution is 2.44. The van der Waals surface area contributed by atoms with Gasteiger partial charge < -0.3 is 10.1 Å². The Hall–Kier alpha value is -1.06. The van der Waals surface area contributed by atoms with E-state index < -0.39 is 11.9 Å². The quantitative estimate of drug-likeness (QED) is 0.528. The lowest BCUT2D eigenvalue weighted by Gasteiger charge is -2.16. The van der Waals surface area contributed by atoms with Crippen LogP contribution in [-0.4, -0.2) is 25.0 Å². The summed E-state index contributed by atoms with van der Waals surface area (Å²) in [6, 6.07) is 0.224. The summed E-state index contributed by atoms with van der Waals surface area (Å²) in [5, 5.41) is 2.78. The number of carbonyl (C=O) groups excluding carboxylic acids is 2. The van der Waals surface area contributed by atoms with Gasteiger partial charge in [-0.15, -0.1) is 0 Å². The van der Waals surface area contributed by atoms with Gasteiger partial charge in [0.2, 0.25) is 0 Å². The highest BCUT2D eigenvalue weighted by molar-refractivity contribution is 6.32. The molecule has 1 amide bonds. The second-order valence-corrected chi connectivity index (χ2v) is 4.17. The highest BCUT2D eigenvalue weighted by Gasteiger charge is 2.42. The topological polar surface area (TPSA) is 55.4 Å². The average Bonchev–Trinajstić information content (AvgIpc) is 3.04. The molecule has 2 aliphatic rings. The first-order chi connectivity index (χ1) is 6.72. The zero-order valence-corrected chi connectivity index (χ0v) is 8.29. The van der Waals surface area contributed by atoms with E-state index in [1.54, 1.807) is 0 Å². The molecule has 0 bridgehead atoms. The minimum Gasteiger partial charge on any atom is -0.462 e. The van der Waals surface area contributed by atoms with Gasteiger partial charge in [0.25, 0.3) is 0 Å². The van der Waals surface area contributed by atoms with E-state index in [0.29, 0.717) is 11.8 Å². The molecule has 4 nitrogen and oxygen atoms in total. The molecule has 0 saturated heterocycles. The Labute approximate surface area is 83.0 Å². The lowest BCUT2D eigenvalue weighted by atomic mass is 10.1. The van der Waals surface area contributed by atoms with Crippen molar-refractivity contribution in [2.24, 2.45) is 11.8 Å². The van der Waals surface area contributed by atoms with Gasteiger partial charge in [-0.05, 0) is 37.5 Å². The Morgan fingerprint density at radius 3 is 2.07 bits per heavy atom. The Morgan fingerprint density at radius 1 is 1.21 bits per heavy atom. The van der Waals surface area contributed by atoms with Crippen LogP contribution < -0.4 is 5.32 Å². The Morgan fingerprint density at radius 2 is 1.71 bits per heavy atom. The number of hydrogen-bond acceptors (Lipinski definition) is 3. The predicted octanol–water partition coefficient (Wildman–Crippen LogP) is 0.464. The van der Waals surface area contributed by atoms with Gasteiger partial charge in [-0.2, -0.15) is 0 Å². The summed E-state index contributed by atoms with van der Waals surface area (Å²) in [4.78, 5) is 22.2. The minimum absolute atomic E-state index is 0.224. The molecule has 14 heavy (non-hydrogen) atoms. The zero-order chi connectivity index (χ0) is 10.1. The van der Waals surface area contributed by atoms with Crippen LogP contribution in [0.2, 0.25) is 0 Å². The van der Waals surface area contributed by atoms with Crippen molar-refractivity contribution in [3.05, 3.63) is 0 Å². The second-order valence-electron chi connectivity index (χ2n) is 4.17. The molecule has 0 aromatic carbocycles. The number of rotatable bonds is 3. The molecule has 2 rings (SSSR count). The Kier molecular flexibility index (Phi) is 2.44. The number of esters is 1. The fourth-order valence-electron chi connectivity index (χ4n) is 1.83. The largest absolute Gasteiger partial charge is 0.462 e. The monoisotopic (exact) mass is 197 g/mol. The number of ether oxygens (including phenoxy) is 1. The molecule has 0 aromatic rings. The maximum Gasteiger partial charge on any atom is 0.396 e. The lowest BCUT2D eigenvalue weighted by molar-refractivity contribution is -0.153. The molecule has 2 saturated carbocycles. The van der Waals surface area contributed by atoms with E-state index in [1.807, 2.05) is 0 Å². The molecule has 2 aliphatic carbocycles. The number of amides is 1. The summed E-state index contributed by atoms with van der Waals surface area (Å²) in [6.07, 6.45) is 4.73. The summed E-state index contributed by atoms with van der Waals surface area (Å²) >= 11 is 0. The number of hydrogen-bond donors (Lipinski definition) is 1. The van der Waals surface area contributed by atoms with Gasteiger partial charge in [0.15, 0.2) is 0 Å². The molecule has 0 spiro atoms. The van der Waals surface area contributed by atoms with Crippen LogP contribution in [-0.2, 0) is 14.3 Å². The van der Waals surface area contributed by atoms with Crippen LogP contribution in [0.25, 0.3) is 0 Å². The third-order valence-corrected chi connectivity index (χ3v) is 2.93. The van der Waals surface area contributed by atoms with Gasteiger partial charge >= 0.3 is 11.9 Å². The molecule has 0 atom stereocenters. The molecule has 4 heteroatoms. The Bertz CT molecular complexity index is 244. The Balaban J connectivity index is 1.86. The zero-order valence-electron chi connectivity index (χ0n) is 8.29. The van der Waals surface area contributed by atoms with E-state index in [2.05, 4.69) is 10.1 Å². The van der Waals surface area contributed by atoms with Gasteiger partial charge in [-0.3, -0.25) is 4.79 Å². The van der Waals surface area contributed by atoms with E-state index >= 15 is 0 Å². The molecule has 0 radical (unpaired) electrons. The predicted molar refractivity (Wildman–Crippen MR) is 49.4 cm³/mol. The summed E-state index contributed by atoms with van der Waals surface area (Å²) in [6.45, 7) is 0. The van der Waals surface area contributed by atoms with Crippen LogP contribution in [0, 0.1) is 11.8 Å². The third-order valence-electron chi connectivity index (χ3n) is 2.93. The lowest BCUT2D eigenvalue weighted by Crippen LogP contribution is -2.42. The normalized spacial score (nSPS) is 20.7. The summed E-state index contributed by atoms with van der Waals surface area (Å²) in [7, 11) is 1.23. The van der Waals surface area contributed by atoms with Crippen molar-refractivity contribution in [2.75, 3.05) is 7.11 Å². The van der Waals surface area contributed by atoms with Crippen molar-refractivity contribution in [3.63, 3.8) is 0 Å². The number of nitrogens with one attached hydrogen (secondary N) is 1. The maximum absolute atomic E-state index is 11.3. The standard InChI is InChI=1S/C10H15NO3/c1-14-10(13)9(12)11-8(6-2-3-6)7-4-5-7/h6-8H,2-5H2,1H3,(H,11,12). The van der Waals surface area contributed by atoms with Crippen molar-refractivity contribution in [1.82, 2.24) is 5.32 Å². The van der Waals surface area contributed by atoms with Crippen LogP contribution in [0.5, 0.6) is 0 Å².